The standard InChI is InChI=1S/C25H29N3O6/c1-25(12-34-13-25)23(14-7-5-8-15(11-14)33-4)27-19-18(21(30)22(19)31)26-17-10-6-9-16(20(17)29)24(32)28(2)3/h5-11,18-19,23,26-27,29H,12-13H2,1-4H3. The lowest BCUT2D eigenvalue weighted by molar-refractivity contribution is -0.149. The lowest BCUT2D eigenvalue weighted by Crippen LogP contribution is -2.69. The quantitative estimate of drug-likeness (QED) is 0.397. The highest BCUT2D eigenvalue weighted by Gasteiger charge is 2.53. The van der Waals surface area contributed by atoms with E-state index >= 15 is 0 Å². The van der Waals surface area contributed by atoms with Gasteiger partial charge < -0.3 is 24.8 Å². The van der Waals surface area contributed by atoms with E-state index in [1.54, 1.807) is 33.3 Å². The Hall–Kier alpha value is -3.43. The van der Waals surface area contributed by atoms with Gasteiger partial charge in [-0.3, -0.25) is 19.7 Å². The fourth-order valence-electron chi connectivity index (χ4n) is 4.37. The molecule has 1 heterocycles. The highest BCUT2D eigenvalue weighted by atomic mass is 16.5. The number of anilines is 1. The minimum absolute atomic E-state index is 0.103. The van der Waals surface area contributed by atoms with Crippen LogP contribution in [0.2, 0.25) is 0 Å². The number of carbonyl (C=O) groups excluding carboxylic acids is 3. The lowest BCUT2D eigenvalue weighted by atomic mass is 9.74. The van der Waals surface area contributed by atoms with E-state index in [0.717, 1.165) is 5.56 Å². The molecule has 0 spiro atoms. The van der Waals surface area contributed by atoms with Crippen molar-refractivity contribution in [2.24, 2.45) is 5.41 Å². The molecule has 0 bridgehead atoms. The largest absolute Gasteiger partial charge is 0.505 e. The SMILES string of the molecule is COc1cccc(C(NC2C(=O)C(=O)C2Nc2cccc(C(=O)N(C)C)c2O)C2(C)COC2)c1. The zero-order valence-corrected chi connectivity index (χ0v) is 19.6. The lowest BCUT2D eigenvalue weighted by Gasteiger charge is -2.48. The number of benzene rings is 2. The van der Waals surface area contributed by atoms with Gasteiger partial charge in [-0.2, -0.15) is 0 Å². The van der Waals surface area contributed by atoms with Gasteiger partial charge in [-0.05, 0) is 29.8 Å². The van der Waals surface area contributed by atoms with Crippen LogP contribution in [0.1, 0.15) is 28.9 Å². The third-order valence-corrected chi connectivity index (χ3v) is 6.46. The predicted molar refractivity (Wildman–Crippen MR) is 125 cm³/mol. The highest BCUT2D eigenvalue weighted by molar-refractivity contribution is 6.49. The second-order valence-corrected chi connectivity index (χ2v) is 9.25. The maximum absolute atomic E-state index is 12.6. The first-order chi connectivity index (χ1) is 16.2. The number of nitrogens with zero attached hydrogens (tertiary/aromatic N) is 1. The first-order valence-corrected chi connectivity index (χ1v) is 11.0. The van der Waals surface area contributed by atoms with E-state index in [0.29, 0.717) is 19.0 Å². The van der Waals surface area contributed by atoms with Crippen molar-refractivity contribution < 1.29 is 29.0 Å². The number of ether oxygens (including phenoxy) is 2. The molecule has 3 N–H and O–H groups in total. The predicted octanol–water partition coefficient (Wildman–Crippen LogP) is 1.77. The highest BCUT2D eigenvalue weighted by Crippen LogP contribution is 2.42. The van der Waals surface area contributed by atoms with Gasteiger partial charge in [-0.25, -0.2) is 0 Å². The van der Waals surface area contributed by atoms with Gasteiger partial charge in [0.2, 0.25) is 11.6 Å². The van der Waals surface area contributed by atoms with Gasteiger partial charge in [0.25, 0.3) is 5.91 Å². The number of rotatable bonds is 8. The van der Waals surface area contributed by atoms with Gasteiger partial charge in [0.05, 0.1) is 31.6 Å². The molecule has 4 rings (SSSR count). The van der Waals surface area contributed by atoms with Crippen molar-refractivity contribution >= 4 is 23.2 Å². The van der Waals surface area contributed by atoms with Crippen LogP contribution in [-0.4, -0.2) is 74.0 Å². The Balaban J connectivity index is 1.60. The molecular weight excluding hydrogens is 438 g/mol. The molecule has 0 radical (unpaired) electrons. The molecule has 9 nitrogen and oxygen atoms in total. The fourth-order valence-corrected chi connectivity index (χ4v) is 4.37. The zero-order valence-electron chi connectivity index (χ0n) is 19.6. The number of ketones is 2. The van der Waals surface area contributed by atoms with E-state index < -0.39 is 23.7 Å². The van der Waals surface area contributed by atoms with E-state index in [9.17, 15) is 19.5 Å². The van der Waals surface area contributed by atoms with Crippen LogP contribution < -0.4 is 15.4 Å². The summed E-state index contributed by atoms with van der Waals surface area (Å²) in [5, 5.41) is 17.0. The number of carbonyl (C=O) groups is 3. The summed E-state index contributed by atoms with van der Waals surface area (Å²) in [6, 6.07) is 10.3. The van der Waals surface area contributed by atoms with Crippen LogP contribution in [0.4, 0.5) is 5.69 Å². The normalized spacial score (nSPS) is 21.8. The van der Waals surface area contributed by atoms with Crippen molar-refractivity contribution in [2.45, 2.75) is 25.0 Å². The number of Topliss-reactive ketones (excluding diaryl/α,β-unsaturated/α-hetero) is 2. The fraction of sp³-hybridized carbons (Fsp3) is 0.400. The van der Waals surface area contributed by atoms with E-state index in [1.165, 1.54) is 11.0 Å². The number of phenolic OH excluding ortho intramolecular Hbond substituents is 1. The van der Waals surface area contributed by atoms with Gasteiger partial charge >= 0.3 is 0 Å². The minimum atomic E-state index is -0.888. The number of hydrogen-bond acceptors (Lipinski definition) is 8. The molecule has 1 amide bonds. The molecule has 3 atom stereocenters. The Kier molecular flexibility index (Phi) is 6.33. The van der Waals surface area contributed by atoms with E-state index in [4.69, 9.17) is 9.47 Å². The molecule has 2 aromatic rings. The first-order valence-electron chi connectivity index (χ1n) is 11.0. The summed E-state index contributed by atoms with van der Waals surface area (Å²) in [6.45, 7) is 3.07. The summed E-state index contributed by atoms with van der Waals surface area (Å²) >= 11 is 0. The van der Waals surface area contributed by atoms with Crippen molar-refractivity contribution in [1.82, 2.24) is 10.2 Å². The maximum atomic E-state index is 12.6. The summed E-state index contributed by atoms with van der Waals surface area (Å²) in [5.41, 5.74) is 0.945. The molecule has 3 unspecified atom stereocenters. The van der Waals surface area contributed by atoms with Crippen LogP contribution >= 0.6 is 0 Å². The monoisotopic (exact) mass is 467 g/mol. The Morgan fingerprint density at radius 2 is 1.82 bits per heavy atom. The molecule has 9 heteroatoms. The number of nitrogens with one attached hydrogen (secondary N) is 2. The third-order valence-electron chi connectivity index (χ3n) is 6.46. The van der Waals surface area contributed by atoms with Gasteiger partial charge in [-0.1, -0.05) is 25.1 Å². The molecule has 1 saturated heterocycles. The number of methoxy groups -OCH3 is 1. The second kappa shape index (κ2) is 9.08. The summed E-state index contributed by atoms with van der Waals surface area (Å²) in [4.78, 5) is 38.8. The average molecular weight is 468 g/mol. The molecule has 2 aliphatic rings. The summed E-state index contributed by atoms with van der Waals surface area (Å²) in [5.74, 6) is -1.07. The summed E-state index contributed by atoms with van der Waals surface area (Å²) in [7, 11) is 4.75. The van der Waals surface area contributed by atoms with E-state index in [-0.39, 0.29) is 34.4 Å². The Morgan fingerprint density at radius 1 is 1.15 bits per heavy atom. The van der Waals surface area contributed by atoms with Crippen molar-refractivity contribution in [3.63, 3.8) is 0 Å². The number of amides is 1. The van der Waals surface area contributed by atoms with Crippen LogP contribution in [0, 0.1) is 5.41 Å². The molecule has 0 aromatic heterocycles. The van der Waals surface area contributed by atoms with Crippen molar-refractivity contribution in [3.05, 3.63) is 53.6 Å². The van der Waals surface area contributed by atoms with Crippen LogP contribution in [0.15, 0.2) is 42.5 Å². The summed E-state index contributed by atoms with van der Waals surface area (Å²) < 4.78 is 10.8. The van der Waals surface area contributed by atoms with Gasteiger partial charge in [0.15, 0.2) is 5.75 Å². The number of hydrogen-bond donors (Lipinski definition) is 3. The first kappa shape index (κ1) is 23.7. The van der Waals surface area contributed by atoms with Gasteiger partial charge in [0.1, 0.15) is 17.8 Å². The number of para-hydroxylation sites is 1. The molecule has 1 aliphatic carbocycles. The van der Waals surface area contributed by atoms with Crippen molar-refractivity contribution in [3.8, 4) is 11.5 Å². The molecular formula is C25H29N3O6. The number of phenols is 1. The van der Waals surface area contributed by atoms with Crippen molar-refractivity contribution in [1.29, 1.82) is 0 Å². The topological polar surface area (TPSA) is 117 Å². The maximum Gasteiger partial charge on any atom is 0.257 e. The van der Waals surface area contributed by atoms with Crippen LogP contribution in [-0.2, 0) is 14.3 Å². The minimum Gasteiger partial charge on any atom is -0.505 e. The third kappa shape index (κ3) is 4.12. The average Bonchev–Trinajstić information content (AvgIpc) is 2.82. The summed E-state index contributed by atoms with van der Waals surface area (Å²) in [6.07, 6.45) is 0. The Labute approximate surface area is 198 Å². The molecule has 1 saturated carbocycles. The molecule has 1 aliphatic heterocycles. The zero-order chi connectivity index (χ0) is 24.6. The van der Waals surface area contributed by atoms with E-state index in [1.807, 2.05) is 24.3 Å². The number of aromatic hydroxyl groups is 1. The molecule has 34 heavy (non-hydrogen) atoms. The molecule has 2 fully saturated rings. The second-order valence-electron chi connectivity index (χ2n) is 9.25. The Morgan fingerprint density at radius 3 is 2.44 bits per heavy atom. The van der Waals surface area contributed by atoms with Gasteiger partial charge in [-0.15, -0.1) is 0 Å². The molecule has 180 valence electrons. The van der Waals surface area contributed by atoms with Crippen LogP contribution in [0.5, 0.6) is 11.5 Å². The smallest absolute Gasteiger partial charge is 0.257 e. The van der Waals surface area contributed by atoms with Crippen LogP contribution in [0.3, 0.4) is 0 Å². The Bertz CT molecular complexity index is 1130. The van der Waals surface area contributed by atoms with Gasteiger partial charge in [0, 0.05) is 25.6 Å². The van der Waals surface area contributed by atoms with E-state index in [2.05, 4.69) is 17.6 Å². The molecule has 2 aromatic carbocycles. The van der Waals surface area contributed by atoms with Crippen molar-refractivity contribution in [2.75, 3.05) is 39.7 Å². The van der Waals surface area contributed by atoms with Crippen LogP contribution in [0.25, 0.3) is 0 Å².